The van der Waals surface area contributed by atoms with Gasteiger partial charge in [-0.25, -0.2) is 0 Å². The normalized spacial score (nSPS) is 36.5. The van der Waals surface area contributed by atoms with E-state index in [0.29, 0.717) is 6.10 Å². The summed E-state index contributed by atoms with van der Waals surface area (Å²) < 4.78 is 5.68. The highest BCUT2D eigenvalue weighted by molar-refractivity contribution is 5.15. The zero-order valence-electron chi connectivity index (χ0n) is 9.61. The van der Waals surface area contributed by atoms with Gasteiger partial charge in [-0.3, -0.25) is 0 Å². The van der Waals surface area contributed by atoms with Crippen molar-refractivity contribution in [1.82, 2.24) is 0 Å². The fourth-order valence-corrected chi connectivity index (χ4v) is 2.60. The number of aliphatic hydroxyl groups is 1. The topological polar surface area (TPSA) is 32.8 Å². The van der Waals surface area contributed by atoms with Crippen LogP contribution in [0.15, 0.2) is 12.2 Å². The van der Waals surface area contributed by atoms with Gasteiger partial charge in [-0.05, 0) is 19.3 Å². The van der Waals surface area contributed by atoms with E-state index in [9.17, 15) is 5.11 Å². The summed E-state index contributed by atoms with van der Waals surface area (Å²) in [6.07, 6.45) is 12.2. The Hall–Kier alpha value is -0.340. The molecule has 2 nitrogen and oxygen atoms in total. The van der Waals surface area contributed by atoms with Gasteiger partial charge in [-0.15, -0.1) is 0 Å². The van der Waals surface area contributed by atoms with Crippen LogP contribution in [0.25, 0.3) is 0 Å². The molecule has 0 bridgehead atoms. The first kappa shape index (κ1) is 11.2. The maximum Gasteiger partial charge on any atom is 0.124 e. The Kier molecular flexibility index (Phi) is 3.47. The molecule has 0 spiro atoms. The zero-order valence-corrected chi connectivity index (χ0v) is 9.61. The van der Waals surface area contributed by atoms with Crippen LogP contribution < -0.4 is 0 Å². The lowest BCUT2D eigenvalue weighted by atomic mass is 9.85. The molecule has 2 aliphatic rings. The molecule has 1 heterocycles. The van der Waals surface area contributed by atoms with Crippen LogP contribution in [-0.4, -0.2) is 22.9 Å². The standard InChI is InChI=1S/C13H22O2/c1-2-3-4-5-8-11(14)13-10-7-6-9-12(13)15-13/h5,8,11-12,14H,2-4,6-7,9-10H2,1H3/b8-5+/t11?,12-,13-/m0/s1. The fourth-order valence-electron chi connectivity index (χ4n) is 2.60. The van der Waals surface area contributed by atoms with Gasteiger partial charge >= 0.3 is 0 Å². The molecule has 1 N–H and O–H groups in total. The highest BCUT2D eigenvalue weighted by atomic mass is 16.6. The molecule has 15 heavy (non-hydrogen) atoms. The quantitative estimate of drug-likeness (QED) is 0.430. The van der Waals surface area contributed by atoms with Crippen molar-refractivity contribution in [2.24, 2.45) is 0 Å². The van der Waals surface area contributed by atoms with Crippen LogP contribution in [0.5, 0.6) is 0 Å². The van der Waals surface area contributed by atoms with Gasteiger partial charge in [-0.2, -0.15) is 0 Å². The Bertz CT molecular complexity index is 237. The van der Waals surface area contributed by atoms with Crippen LogP contribution in [0.4, 0.5) is 0 Å². The van der Waals surface area contributed by atoms with Crippen molar-refractivity contribution in [1.29, 1.82) is 0 Å². The third-order valence-corrected chi connectivity index (χ3v) is 3.68. The number of ether oxygens (including phenoxy) is 1. The fraction of sp³-hybridized carbons (Fsp3) is 0.846. The summed E-state index contributed by atoms with van der Waals surface area (Å²) in [5, 5.41) is 10.1. The van der Waals surface area contributed by atoms with Crippen molar-refractivity contribution in [2.75, 3.05) is 0 Å². The summed E-state index contributed by atoms with van der Waals surface area (Å²) in [4.78, 5) is 0. The zero-order chi connectivity index (χ0) is 10.7. The molecule has 1 aliphatic carbocycles. The molecule has 86 valence electrons. The van der Waals surface area contributed by atoms with E-state index in [-0.39, 0.29) is 11.7 Å². The van der Waals surface area contributed by atoms with Crippen LogP contribution >= 0.6 is 0 Å². The molecule has 3 atom stereocenters. The Morgan fingerprint density at radius 3 is 3.13 bits per heavy atom. The highest BCUT2D eigenvalue weighted by Gasteiger charge is 2.60. The van der Waals surface area contributed by atoms with Gasteiger partial charge in [0.15, 0.2) is 0 Å². The van der Waals surface area contributed by atoms with E-state index in [4.69, 9.17) is 4.74 Å². The van der Waals surface area contributed by atoms with Crippen molar-refractivity contribution in [3.8, 4) is 0 Å². The van der Waals surface area contributed by atoms with Crippen molar-refractivity contribution >= 4 is 0 Å². The number of unbranched alkanes of at least 4 members (excludes halogenated alkanes) is 2. The second-order valence-corrected chi connectivity index (χ2v) is 4.82. The number of fused-ring (bicyclic) bond motifs is 1. The summed E-state index contributed by atoms with van der Waals surface area (Å²) in [7, 11) is 0. The second-order valence-electron chi connectivity index (χ2n) is 4.82. The van der Waals surface area contributed by atoms with Crippen LogP contribution in [0, 0.1) is 0 Å². The number of aliphatic hydroxyl groups excluding tert-OH is 1. The van der Waals surface area contributed by atoms with E-state index < -0.39 is 0 Å². The van der Waals surface area contributed by atoms with Crippen molar-refractivity contribution in [3.63, 3.8) is 0 Å². The van der Waals surface area contributed by atoms with Crippen LogP contribution in [0.1, 0.15) is 51.9 Å². The van der Waals surface area contributed by atoms with Gasteiger partial charge in [0.2, 0.25) is 0 Å². The van der Waals surface area contributed by atoms with E-state index in [1.54, 1.807) is 0 Å². The number of allylic oxidation sites excluding steroid dienone is 1. The predicted octanol–water partition coefficient (Wildman–Crippen LogP) is 2.81. The maximum atomic E-state index is 10.1. The molecule has 0 amide bonds. The summed E-state index contributed by atoms with van der Waals surface area (Å²) >= 11 is 0. The Morgan fingerprint density at radius 2 is 2.40 bits per heavy atom. The van der Waals surface area contributed by atoms with E-state index >= 15 is 0 Å². The third kappa shape index (κ3) is 2.26. The van der Waals surface area contributed by atoms with E-state index in [2.05, 4.69) is 13.0 Å². The van der Waals surface area contributed by atoms with Crippen molar-refractivity contribution < 1.29 is 9.84 Å². The first-order valence-corrected chi connectivity index (χ1v) is 6.32. The minimum absolute atomic E-state index is 0.180. The average molecular weight is 210 g/mol. The Morgan fingerprint density at radius 1 is 1.53 bits per heavy atom. The summed E-state index contributed by atoms with van der Waals surface area (Å²) in [6, 6.07) is 0. The van der Waals surface area contributed by atoms with Gasteiger partial charge in [0.05, 0.1) is 6.10 Å². The largest absolute Gasteiger partial charge is 0.386 e. The third-order valence-electron chi connectivity index (χ3n) is 3.68. The lowest BCUT2D eigenvalue weighted by Crippen LogP contribution is -2.32. The summed E-state index contributed by atoms with van der Waals surface area (Å²) in [6.45, 7) is 2.18. The molecule has 1 saturated heterocycles. The predicted molar refractivity (Wildman–Crippen MR) is 60.7 cm³/mol. The molecule has 1 saturated carbocycles. The van der Waals surface area contributed by atoms with Crippen molar-refractivity contribution in [3.05, 3.63) is 12.2 Å². The molecule has 0 radical (unpaired) electrons. The van der Waals surface area contributed by atoms with Crippen LogP contribution in [0.2, 0.25) is 0 Å². The van der Waals surface area contributed by atoms with Crippen LogP contribution in [-0.2, 0) is 4.74 Å². The number of rotatable bonds is 5. The molecule has 2 fully saturated rings. The minimum atomic E-state index is -0.375. The van der Waals surface area contributed by atoms with Gasteiger partial charge in [0.25, 0.3) is 0 Å². The molecular formula is C13H22O2. The SMILES string of the molecule is CCCC/C=C/C(O)[C@@]12CCCC[C@@H]1O2. The molecule has 0 aromatic rings. The monoisotopic (exact) mass is 210 g/mol. The number of epoxide rings is 1. The second kappa shape index (κ2) is 4.67. The highest BCUT2D eigenvalue weighted by Crippen LogP contribution is 2.50. The summed E-state index contributed by atoms with van der Waals surface area (Å²) in [5.74, 6) is 0. The molecule has 0 aromatic heterocycles. The van der Waals surface area contributed by atoms with E-state index in [1.807, 2.05) is 6.08 Å². The van der Waals surface area contributed by atoms with Crippen molar-refractivity contribution in [2.45, 2.75) is 69.7 Å². The summed E-state index contributed by atoms with van der Waals surface area (Å²) in [5.41, 5.74) is -0.180. The van der Waals surface area contributed by atoms with Gasteiger partial charge < -0.3 is 9.84 Å². The molecule has 2 rings (SSSR count). The van der Waals surface area contributed by atoms with Crippen LogP contribution in [0.3, 0.4) is 0 Å². The Balaban J connectivity index is 1.80. The lowest BCUT2D eigenvalue weighted by Gasteiger charge is -2.20. The molecular weight excluding hydrogens is 188 g/mol. The first-order chi connectivity index (χ1) is 7.29. The molecule has 1 aliphatic heterocycles. The first-order valence-electron chi connectivity index (χ1n) is 6.32. The smallest absolute Gasteiger partial charge is 0.124 e. The Labute approximate surface area is 92.3 Å². The molecule has 0 aromatic carbocycles. The average Bonchev–Trinajstić information content (AvgIpc) is 2.99. The van der Waals surface area contributed by atoms with Gasteiger partial charge in [0.1, 0.15) is 11.7 Å². The molecule has 2 heteroatoms. The van der Waals surface area contributed by atoms with Gasteiger partial charge in [0, 0.05) is 0 Å². The van der Waals surface area contributed by atoms with Gasteiger partial charge in [-0.1, -0.05) is 44.8 Å². The van der Waals surface area contributed by atoms with E-state index in [0.717, 1.165) is 19.3 Å². The number of hydrogen-bond acceptors (Lipinski definition) is 2. The van der Waals surface area contributed by atoms with E-state index in [1.165, 1.54) is 25.7 Å². The lowest BCUT2D eigenvalue weighted by molar-refractivity contribution is 0.104. The molecule has 1 unspecified atom stereocenters. The minimum Gasteiger partial charge on any atom is -0.386 e. The number of hydrogen-bond donors (Lipinski definition) is 1. The maximum absolute atomic E-state index is 10.1.